The molecule has 0 radical (unpaired) electrons. The van der Waals surface area contributed by atoms with Crippen molar-refractivity contribution in [1.29, 1.82) is 0 Å². The number of carbonyl (C=O) groups excluding carboxylic acids is 2. The smallest absolute Gasteiger partial charge is 0.452 e. The number of rotatable bonds is 5. The first kappa shape index (κ1) is 27.4. The predicted octanol–water partition coefficient (Wildman–Crippen LogP) is 4.49. The minimum atomic E-state index is -0.638. The van der Waals surface area contributed by atoms with Crippen LogP contribution in [0, 0.1) is 11.8 Å². The van der Waals surface area contributed by atoms with Gasteiger partial charge in [0, 0.05) is 36.2 Å². The van der Waals surface area contributed by atoms with Gasteiger partial charge in [0.25, 0.3) is 0 Å². The van der Waals surface area contributed by atoms with Gasteiger partial charge >= 0.3 is 13.2 Å². The number of carbonyl (C=O) groups is 2. The molecule has 4 rings (SSSR count). The zero-order valence-electron chi connectivity index (χ0n) is 23.2. The molecule has 8 nitrogen and oxygen atoms in total. The van der Waals surface area contributed by atoms with Crippen molar-refractivity contribution >= 4 is 35.9 Å². The minimum absolute atomic E-state index is 0.0553. The first-order valence-corrected chi connectivity index (χ1v) is 13.3. The summed E-state index contributed by atoms with van der Waals surface area (Å²) < 4.78 is 17.1. The maximum atomic E-state index is 13.5. The number of methoxy groups -OCH3 is 1. The SMILES string of the molecule is COC(=O)NN(C(=O)[C@H]1CCCC[C@@H]1C1=NC=C(c2ccc(B3OC(C)(C)C(C)(C)O3)cc2)C1)C(C)C. The zero-order chi connectivity index (χ0) is 27.0. The average Bonchev–Trinajstić information content (AvgIpc) is 3.44. The maximum absolute atomic E-state index is 13.5. The first-order chi connectivity index (χ1) is 17.4. The standard InChI is InChI=1S/C28H40BN3O5/c1-18(2)32(31-26(34)35-7)25(33)23-11-9-8-10-22(23)24-16-20(17-30-24)19-12-14-21(15-13-19)29-36-27(3,4)28(5,6)37-29/h12-15,17-18,22-23H,8-11,16H2,1-7H3,(H,31,34)/t22-,23-/m0/s1. The van der Waals surface area contributed by atoms with Gasteiger partial charge in [0.15, 0.2) is 0 Å². The average molecular weight is 509 g/mol. The molecule has 2 heterocycles. The van der Waals surface area contributed by atoms with Crippen LogP contribution in [0.5, 0.6) is 0 Å². The molecule has 1 saturated heterocycles. The number of ether oxygens (including phenoxy) is 1. The first-order valence-electron chi connectivity index (χ1n) is 13.3. The highest BCUT2D eigenvalue weighted by molar-refractivity contribution is 6.62. The number of amides is 2. The molecule has 0 unspecified atom stereocenters. The molecular weight excluding hydrogens is 469 g/mol. The number of allylic oxidation sites excluding steroid dienone is 1. The van der Waals surface area contributed by atoms with Gasteiger partial charge in [0.05, 0.1) is 18.3 Å². The Kier molecular flexibility index (Phi) is 7.86. The van der Waals surface area contributed by atoms with Crippen molar-refractivity contribution in [2.24, 2.45) is 16.8 Å². The molecule has 2 atom stereocenters. The summed E-state index contributed by atoms with van der Waals surface area (Å²) in [5, 5.41) is 1.41. The lowest BCUT2D eigenvalue weighted by Gasteiger charge is -2.36. The molecule has 2 aliphatic heterocycles. The third-order valence-electron chi connectivity index (χ3n) is 8.23. The summed E-state index contributed by atoms with van der Waals surface area (Å²) in [7, 11) is 0.907. The van der Waals surface area contributed by atoms with Crippen LogP contribution in [0.3, 0.4) is 0 Å². The number of nitrogens with one attached hydrogen (secondary N) is 1. The Morgan fingerprint density at radius 2 is 1.70 bits per heavy atom. The van der Waals surface area contributed by atoms with Crippen LogP contribution in [0.1, 0.15) is 79.2 Å². The van der Waals surface area contributed by atoms with Crippen LogP contribution in [0.2, 0.25) is 0 Å². The van der Waals surface area contributed by atoms with Crippen molar-refractivity contribution < 1.29 is 23.6 Å². The van der Waals surface area contributed by atoms with Crippen LogP contribution >= 0.6 is 0 Å². The van der Waals surface area contributed by atoms with E-state index in [1.165, 1.54) is 12.1 Å². The van der Waals surface area contributed by atoms with Gasteiger partial charge in [-0.3, -0.25) is 9.79 Å². The molecule has 2 amide bonds. The molecular formula is C28H40BN3O5. The van der Waals surface area contributed by atoms with Gasteiger partial charge in [-0.1, -0.05) is 37.1 Å². The lowest BCUT2D eigenvalue weighted by Crippen LogP contribution is -2.54. The van der Waals surface area contributed by atoms with Gasteiger partial charge in [0.1, 0.15) is 0 Å². The van der Waals surface area contributed by atoms with Gasteiger partial charge in [-0.05, 0) is 71.0 Å². The largest absolute Gasteiger partial charge is 0.494 e. The predicted molar refractivity (Wildman–Crippen MR) is 145 cm³/mol. The Labute approximate surface area is 220 Å². The molecule has 0 bridgehead atoms. The van der Waals surface area contributed by atoms with Crippen LogP contribution in [0.15, 0.2) is 35.5 Å². The second-order valence-corrected chi connectivity index (χ2v) is 11.6. The fourth-order valence-electron chi connectivity index (χ4n) is 5.27. The second-order valence-electron chi connectivity index (χ2n) is 11.6. The lowest BCUT2D eigenvalue weighted by molar-refractivity contribution is -0.142. The third-order valence-corrected chi connectivity index (χ3v) is 8.23. The van der Waals surface area contributed by atoms with E-state index in [0.29, 0.717) is 0 Å². The number of hydrogen-bond acceptors (Lipinski definition) is 6. The number of nitrogens with zero attached hydrogens (tertiary/aromatic N) is 2. The Morgan fingerprint density at radius 3 is 2.30 bits per heavy atom. The lowest BCUT2D eigenvalue weighted by atomic mass is 9.74. The second kappa shape index (κ2) is 10.6. The van der Waals surface area contributed by atoms with Crippen LogP contribution in [0.4, 0.5) is 4.79 Å². The van der Waals surface area contributed by atoms with Crippen molar-refractivity contribution in [2.45, 2.75) is 90.9 Å². The van der Waals surface area contributed by atoms with Crippen molar-refractivity contribution in [3.8, 4) is 0 Å². The van der Waals surface area contributed by atoms with E-state index >= 15 is 0 Å². The van der Waals surface area contributed by atoms with E-state index in [1.54, 1.807) is 0 Å². The Bertz CT molecular complexity index is 1060. The van der Waals surface area contributed by atoms with Gasteiger partial charge in [-0.15, -0.1) is 0 Å². The summed E-state index contributed by atoms with van der Waals surface area (Å²) in [5.74, 6) is -0.238. The molecule has 1 aromatic rings. The highest BCUT2D eigenvalue weighted by atomic mass is 16.7. The molecule has 37 heavy (non-hydrogen) atoms. The molecule has 1 N–H and O–H groups in total. The molecule has 0 spiro atoms. The maximum Gasteiger partial charge on any atom is 0.494 e. The van der Waals surface area contributed by atoms with Crippen LogP contribution in [-0.2, 0) is 18.8 Å². The van der Waals surface area contributed by atoms with E-state index in [2.05, 4.69) is 57.4 Å². The summed E-state index contributed by atoms with van der Waals surface area (Å²) >= 11 is 0. The highest BCUT2D eigenvalue weighted by Gasteiger charge is 2.51. The van der Waals surface area contributed by atoms with Crippen LogP contribution < -0.4 is 10.9 Å². The third kappa shape index (κ3) is 5.62. The van der Waals surface area contributed by atoms with Crippen molar-refractivity contribution in [1.82, 2.24) is 10.4 Å². The Balaban J connectivity index is 1.43. The van der Waals surface area contributed by atoms with E-state index in [4.69, 9.17) is 19.0 Å². The fourth-order valence-corrected chi connectivity index (χ4v) is 5.27. The highest BCUT2D eigenvalue weighted by Crippen LogP contribution is 2.38. The summed E-state index contributed by atoms with van der Waals surface area (Å²) in [6, 6.07) is 8.12. The van der Waals surface area contributed by atoms with E-state index in [1.807, 2.05) is 20.0 Å². The summed E-state index contributed by atoms with van der Waals surface area (Å²) in [6.45, 7) is 12.0. The Hall–Kier alpha value is -2.65. The molecule has 0 aromatic heterocycles. The number of benzene rings is 1. The zero-order valence-corrected chi connectivity index (χ0v) is 23.2. The van der Waals surface area contributed by atoms with Crippen molar-refractivity contribution in [3.63, 3.8) is 0 Å². The number of aliphatic imine (C=N–C) groups is 1. The van der Waals surface area contributed by atoms with E-state index in [9.17, 15) is 9.59 Å². The van der Waals surface area contributed by atoms with Crippen molar-refractivity contribution in [3.05, 3.63) is 36.0 Å². The molecule has 1 aromatic carbocycles. The molecule has 200 valence electrons. The molecule has 2 fully saturated rings. The summed E-state index contributed by atoms with van der Waals surface area (Å²) in [4.78, 5) is 30.2. The summed E-state index contributed by atoms with van der Waals surface area (Å²) in [6.07, 6.45) is 5.77. The van der Waals surface area contributed by atoms with Crippen LogP contribution in [0.25, 0.3) is 5.57 Å². The monoisotopic (exact) mass is 509 g/mol. The van der Waals surface area contributed by atoms with Gasteiger partial charge < -0.3 is 14.0 Å². The van der Waals surface area contributed by atoms with E-state index in [-0.39, 0.29) is 42.1 Å². The van der Waals surface area contributed by atoms with Gasteiger partial charge in [-0.25, -0.2) is 15.2 Å². The fraction of sp³-hybridized carbons (Fsp3) is 0.607. The van der Waals surface area contributed by atoms with Crippen LogP contribution in [-0.4, -0.2) is 54.2 Å². The quantitative estimate of drug-likeness (QED) is 0.467. The normalized spacial score (nSPS) is 24.5. The van der Waals surface area contributed by atoms with E-state index < -0.39 is 6.09 Å². The Morgan fingerprint density at radius 1 is 1.08 bits per heavy atom. The molecule has 9 heteroatoms. The van der Waals surface area contributed by atoms with Gasteiger partial charge in [-0.2, -0.15) is 0 Å². The topological polar surface area (TPSA) is 89.5 Å². The van der Waals surface area contributed by atoms with E-state index in [0.717, 1.165) is 54.4 Å². The number of hydrogen-bond donors (Lipinski definition) is 1. The molecule has 3 aliphatic rings. The minimum Gasteiger partial charge on any atom is -0.452 e. The van der Waals surface area contributed by atoms with Gasteiger partial charge in [0.2, 0.25) is 5.91 Å². The van der Waals surface area contributed by atoms with Crippen molar-refractivity contribution in [2.75, 3.05) is 7.11 Å². The number of hydrazine groups is 1. The molecule has 1 saturated carbocycles. The molecule has 1 aliphatic carbocycles. The summed E-state index contributed by atoms with van der Waals surface area (Å²) in [5.41, 5.74) is 6.13.